The molecule has 2 atom stereocenters. The molecule has 176 valence electrons. The maximum absolute atomic E-state index is 2.47. The van der Waals surface area contributed by atoms with E-state index in [1.165, 1.54) is 148 Å². The smallest absolute Gasteiger partial charge is 0.0417 e. The van der Waals surface area contributed by atoms with Crippen LogP contribution in [0.4, 0.5) is 0 Å². The molecule has 0 fully saturated rings. The molecular formula is C29H60. The summed E-state index contributed by atoms with van der Waals surface area (Å²) in [7, 11) is 0. The van der Waals surface area contributed by atoms with Gasteiger partial charge in [-0.15, -0.1) is 0 Å². The van der Waals surface area contributed by atoms with Crippen molar-refractivity contribution in [1.82, 2.24) is 0 Å². The van der Waals surface area contributed by atoms with E-state index in [4.69, 9.17) is 0 Å². The van der Waals surface area contributed by atoms with Gasteiger partial charge in [0.15, 0.2) is 0 Å². The monoisotopic (exact) mass is 408 g/mol. The lowest BCUT2D eigenvalue weighted by Gasteiger charge is -2.19. The number of hydrogen-bond donors (Lipinski definition) is 0. The Morgan fingerprint density at radius 3 is 0.897 bits per heavy atom. The normalized spacial score (nSPS) is 13.7. The first-order valence-corrected chi connectivity index (χ1v) is 14.2. The van der Waals surface area contributed by atoms with Crippen LogP contribution in [0.2, 0.25) is 0 Å². The summed E-state index contributed by atoms with van der Waals surface area (Å²) in [6.07, 6.45) is 33.8. The fraction of sp³-hybridized carbons (Fsp3) is 1.00. The maximum atomic E-state index is 2.47. The summed E-state index contributed by atoms with van der Waals surface area (Å²) in [5.74, 6) is 1.87. The minimum atomic E-state index is 0.931. The highest BCUT2D eigenvalue weighted by molar-refractivity contribution is 4.62. The van der Waals surface area contributed by atoms with Crippen LogP contribution in [0.5, 0.6) is 0 Å². The van der Waals surface area contributed by atoms with Crippen molar-refractivity contribution < 1.29 is 0 Å². The molecular weight excluding hydrogens is 348 g/mol. The van der Waals surface area contributed by atoms with E-state index in [1.807, 2.05) is 0 Å². The van der Waals surface area contributed by atoms with E-state index >= 15 is 0 Å². The summed E-state index contributed by atoms with van der Waals surface area (Å²) < 4.78 is 0. The molecule has 0 rings (SSSR count). The fourth-order valence-electron chi connectivity index (χ4n) is 4.75. The highest BCUT2D eigenvalue weighted by Gasteiger charge is 2.10. The predicted molar refractivity (Wildman–Crippen MR) is 136 cm³/mol. The maximum Gasteiger partial charge on any atom is -0.0417 e. The summed E-state index contributed by atoms with van der Waals surface area (Å²) in [6, 6.07) is 0. The van der Waals surface area contributed by atoms with Crippen molar-refractivity contribution in [2.24, 2.45) is 11.8 Å². The van der Waals surface area contributed by atoms with Crippen molar-refractivity contribution in [3.63, 3.8) is 0 Å². The Bertz CT molecular complexity index is 282. The Hall–Kier alpha value is 0. The van der Waals surface area contributed by atoms with Crippen molar-refractivity contribution in [3.05, 3.63) is 0 Å². The molecule has 0 heteroatoms. The van der Waals surface area contributed by atoms with Crippen LogP contribution in [0.25, 0.3) is 0 Å². The van der Waals surface area contributed by atoms with Gasteiger partial charge >= 0.3 is 0 Å². The van der Waals surface area contributed by atoms with Crippen LogP contribution >= 0.6 is 0 Å². The van der Waals surface area contributed by atoms with Crippen molar-refractivity contribution in [2.45, 2.75) is 175 Å². The van der Waals surface area contributed by atoms with Gasteiger partial charge in [0.25, 0.3) is 0 Å². The molecule has 0 bridgehead atoms. The molecule has 0 amide bonds. The summed E-state index contributed by atoms with van der Waals surface area (Å²) in [5, 5.41) is 0. The Morgan fingerprint density at radius 2 is 0.586 bits per heavy atom. The van der Waals surface area contributed by atoms with E-state index in [1.54, 1.807) is 0 Å². The van der Waals surface area contributed by atoms with Gasteiger partial charge in [-0.1, -0.05) is 175 Å². The minimum absolute atomic E-state index is 0.931. The largest absolute Gasteiger partial charge is 0.0654 e. The molecule has 0 aromatic rings. The van der Waals surface area contributed by atoms with Crippen LogP contribution in [0, 0.1) is 11.8 Å². The second kappa shape index (κ2) is 24.3. The third kappa shape index (κ3) is 22.5. The van der Waals surface area contributed by atoms with Gasteiger partial charge in [-0.05, 0) is 11.8 Å². The summed E-state index contributed by atoms with van der Waals surface area (Å²) in [6.45, 7) is 9.54. The highest BCUT2D eigenvalue weighted by Crippen LogP contribution is 2.23. The third-order valence-electron chi connectivity index (χ3n) is 7.23. The van der Waals surface area contributed by atoms with Gasteiger partial charge in [0, 0.05) is 0 Å². The molecule has 0 aromatic heterocycles. The van der Waals surface area contributed by atoms with Gasteiger partial charge in [0.1, 0.15) is 0 Å². The SMILES string of the molecule is CCCCCCCCCCCCCCCCCCCCCCC(C)C(C)CCC. The topological polar surface area (TPSA) is 0 Å². The molecule has 0 radical (unpaired) electrons. The average Bonchev–Trinajstić information content (AvgIpc) is 2.72. The fourth-order valence-corrected chi connectivity index (χ4v) is 4.75. The van der Waals surface area contributed by atoms with Gasteiger partial charge in [-0.2, -0.15) is 0 Å². The molecule has 2 unspecified atom stereocenters. The van der Waals surface area contributed by atoms with Crippen LogP contribution in [0.15, 0.2) is 0 Å². The quantitative estimate of drug-likeness (QED) is 0.139. The summed E-state index contributed by atoms with van der Waals surface area (Å²) in [5.41, 5.74) is 0. The zero-order chi connectivity index (χ0) is 21.4. The van der Waals surface area contributed by atoms with Crippen molar-refractivity contribution in [1.29, 1.82) is 0 Å². The van der Waals surface area contributed by atoms with Crippen molar-refractivity contribution >= 4 is 0 Å². The Morgan fingerprint density at radius 1 is 0.310 bits per heavy atom. The Labute approximate surface area is 187 Å². The Balaban J connectivity index is 3.10. The lowest BCUT2D eigenvalue weighted by molar-refractivity contribution is 0.330. The standard InChI is InChI=1S/C29H60/c1-5-7-8-9-10-11-12-13-14-15-16-17-18-19-20-21-22-23-24-25-27-29(4)28(3)26-6-2/h28-29H,5-27H2,1-4H3. The van der Waals surface area contributed by atoms with Crippen LogP contribution < -0.4 is 0 Å². The van der Waals surface area contributed by atoms with Gasteiger partial charge in [0.05, 0.1) is 0 Å². The predicted octanol–water partition coefficient (Wildman–Crippen LogP) is 11.3. The van der Waals surface area contributed by atoms with Gasteiger partial charge in [0.2, 0.25) is 0 Å². The van der Waals surface area contributed by atoms with E-state index in [2.05, 4.69) is 27.7 Å². The average molecular weight is 409 g/mol. The molecule has 0 heterocycles. The van der Waals surface area contributed by atoms with Crippen LogP contribution in [-0.4, -0.2) is 0 Å². The first-order valence-electron chi connectivity index (χ1n) is 14.2. The third-order valence-corrected chi connectivity index (χ3v) is 7.23. The molecule has 0 aliphatic rings. The van der Waals surface area contributed by atoms with E-state index in [0.717, 1.165) is 11.8 Å². The Kier molecular flexibility index (Phi) is 24.3. The molecule has 29 heavy (non-hydrogen) atoms. The van der Waals surface area contributed by atoms with E-state index in [9.17, 15) is 0 Å². The lowest BCUT2D eigenvalue weighted by Crippen LogP contribution is -2.07. The molecule has 0 saturated carbocycles. The van der Waals surface area contributed by atoms with Crippen molar-refractivity contribution in [2.75, 3.05) is 0 Å². The zero-order valence-electron chi connectivity index (χ0n) is 21.4. The lowest BCUT2D eigenvalue weighted by atomic mass is 9.87. The molecule has 0 aliphatic heterocycles. The van der Waals surface area contributed by atoms with Crippen LogP contribution in [-0.2, 0) is 0 Å². The van der Waals surface area contributed by atoms with Gasteiger partial charge in [-0.3, -0.25) is 0 Å². The van der Waals surface area contributed by atoms with Crippen molar-refractivity contribution in [3.8, 4) is 0 Å². The molecule has 0 N–H and O–H groups in total. The summed E-state index contributed by atoms with van der Waals surface area (Å²) in [4.78, 5) is 0. The van der Waals surface area contributed by atoms with Gasteiger partial charge in [-0.25, -0.2) is 0 Å². The van der Waals surface area contributed by atoms with Crippen LogP contribution in [0.3, 0.4) is 0 Å². The number of rotatable bonds is 24. The van der Waals surface area contributed by atoms with E-state index < -0.39 is 0 Å². The minimum Gasteiger partial charge on any atom is -0.0654 e. The molecule has 0 saturated heterocycles. The first kappa shape index (κ1) is 29.0. The second-order valence-corrected chi connectivity index (χ2v) is 10.2. The molecule has 0 aliphatic carbocycles. The first-order chi connectivity index (χ1) is 14.2. The van der Waals surface area contributed by atoms with E-state index in [0.29, 0.717) is 0 Å². The second-order valence-electron chi connectivity index (χ2n) is 10.2. The van der Waals surface area contributed by atoms with E-state index in [-0.39, 0.29) is 0 Å². The highest BCUT2D eigenvalue weighted by atomic mass is 14.2. The zero-order valence-corrected chi connectivity index (χ0v) is 21.4. The van der Waals surface area contributed by atoms with Gasteiger partial charge < -0.3 is 0 Å². The van der Waals surface area contributed by atoms with Crippen LogP contribution in [0.1, 0.15) is 175 Å². The molecule has 0 aromatic carbocycles. The summed E-state index contributed by atoms with van der Waals surface area (Å²) >= 11 is 0. The molecule has 0 spiro atoms. The number of hydrogen-bond acceptors (Lipinski definition) is 0. The number of unbranched alkanes of at least 4 members (excludes halogenated alkanes) is 19. The molecule has 0 nitrogen and oxygen atoms in total.